The zero-order valence-corrected chi connectivity index (χ0v) is 18.8. The first-order valence-corrected chi connectivity index (χ1v) is 11.9. The summed E-state index contributed by atoms with van der Waals surface area (Å²) < 4.78 is 0. The van der Waals surface area contributed by atoms with E-state index >= 15 is 0 Å². The fourth-order valence-corrected chi connectivity index (χ4v) is 7.21. The van der Waals surface area contributed by atoms with E-state index in [9.17, 15) is 4.79 Å². The SMILES string of the molecule is CC(C)CCC[C@@H](C)[C@H]1CC=C2C3=C(CC[C@@]21C)[C@@]1(C)C=CC(=O)CC1CC3. The van der Waals surface area contributed by atoms with Crippen LogP contribution in [0.4, 0.5) is 0 Å². The van der Waals surface area contributed by atoms with E-state index in [1.165, 1.54) is 51.4 Å². The summed E-state index contributed by atoms with van der Waals surface area (Å²) in [6.07, 6.45) is 17.9. The third kappa shape index (κ3) is 3.17. The van der Waals surface area contributed by atoms with Gasteiger partial charge in [0.25, 0.3) is 0 Å². The molecule has 1 nitrogen and oxygen atoms in total. The van der Waals surface area contributed by atoms with Gasteiger partial charge in [-0.25, -0.2) is 0 Å². The summed E-state index contributed by atoms with van der Waals surface area (Å²) in [7, 11) is 0. The van der Waals surface area contributed by atoms with Crippen LogP contribution in [-0.4, -0.2) is 5.78 Å². The molecular formula is C27H40O. The zero-order valence-electron chi connectivity index (χ0n) is 18.8. The quantitative estimate of drug-likeness (QED) is 0.484. The lowest BCUT2D eigenvalue weighted by Crippen LogP contribution is -2.41. The molecule has 0 saturated carbocycles. The molecule has 0 saturated heterocycles. The molecule has 4 rings (SSSR count). The van der Waals surface area contributed by atoms with Crippen LogP contribution in [0.2, 0.25) is 0 Å². The summed E-state index contributed by atoms with van der Waals surface area (Å²) in [6, 6.07) is 0. The maximum atomic E-state index is 12.0. The highest BCUT2D eigenvalue weighted by Crippen LogP contribution is 2.63. The van der Waals surface area contributed by atoms with Gasteiger partial charge >= 0.3 is 0 Å². The highest BCUT2D eigenvalue weighted by Gasteiger charge is 2.51. The molecule has 0 radical (unpaired) electrons. The Hall–Kier alpha value is -1.11. The van der Waals surface area contributed by atoms with Gasteiger partial charge in [-0.15, -0.1) is 0 Å². The molecule has 4 aliphatic carbocycles. The molecule has 1 unspecified atom stereocenters. The number of hydrogen-bond donors (Lipinski definition) is 0. The Morgan fingerprint density at radius 1 is 1.14 bits per heavy atom. The van der Waals surface area contributed by atoms with Crippen molar-refractivity contribution >= 4 is 5.78 Å². The molecule has 0 N–H and O–H groups in total. The molecular weight excluding hydrogens is 340 g/mol. The van der Waals surface area contributed by atoms with Crippen molar-refractivity contribution in [1.29, 1.82) is 0 Å². The third-order valence-corrected chi connectivity index (χ3v) is 9.03. The number of fused-ring (bicyclic) bond motifs is 4. The van der Waals surface area contributed by atoms with Crippen LogP contribution in [0.1, 0.15) is 92.4 Å². The molecule has 0 spiro atoms. The normalized spacial score (nSPS) is 38.2. The van der Waals surface area contributed by atoms with E-state index in [4.69, 9.17) is 0 Å². The lowest BCUT2D eigenvalue weighted by Gasteiger charge is -2.51. The van der Waals surface area contributed by atoms with Crippen LogP contribution < -0.4 is 0 Å². The summed E-state index contributed by atoms with van der Waals surface area (Å²) >= 11 is 0. The van der Waals surface area contributed by atoms with E-state index in [0.29, 0.717) is 17.1 Å². The predicted octanol–water partition coefficient (Wildman–Crippen LogP) is 7.44. The smallest absolute Gasteiger partial charge is 0.155 e. The molecule has 0 heterocycles. The first-order chi connectivity index (χ1) is 13.3. The number of carbonyl (C=O) groups is 1. The van der Waals surface area contributed by atoms with Gasteiger partial charge < -0.3 is 0 Å². The van der Waals surface area contributed by atoms with E-state index in [0.717, 1.165) is 24.2 Å². The predicted molar refractivity (Wildman–Crippen MR) is 118 cm³/mol. The van der Waals surface area contributed by atoms with Crippen LogP contribution in [0.25, 0.3) is 0 Å². The number of ketones is 1. The van der Waals surface area contributed by atoms with Gasteiger partial charge in [-0.05, 0) is 78.4 Å². The lowest BCUT2D eigenvalue weighted by molar-refractivity contribution is -0.116. The fraction of sp³-hybridized carbons (Fsp3) is 0.741. The molecule has 0 amide bonds. The van der Waals surface area contributed by atoms with Gasteiger partial charge in [0.1, 0.15) is 0 Å². The summed E-state index contributed by atoms with van der Waals surface area (Å²) in [4.78, 5) is 12.0. The van der Waals surface area contributed by atoms with E-state index in [-0.39, 0.29) is 5.41 Å². The van der Waals surface area contributed by atoms with Crippen molar-refractivity contribution < 1.29 is 4.79 Å². The van der Waals surface area contributed by atoms with Crippen molar-refractivity contribution in [3.05, 3.63) is 34.9 Å². The molecule has 154 valence electrons. The van der Waals surface area contributed by atoms with Crippen LogP contribution >= 0.6 is 0 Å². The maximum absolute atomic E-state index is 12.0. The summed E-state index contributed by atoms with van der Waals surface area (Å²) in [6.45, 7) is 12.2. The topological polar surface area (TPSA) is 17.1 Å². The average Bonchev–Trinajstić information content (AvgIpc) is 2.99. The standard InChI is InChI=1S/C27H40O/c1-18(2)7-6-8-19(3)23-11-12-24-22-10-9-20-17-21(28)13-15-26(20,4)25(22)14-16-27(23,24)5/h12-13,15,18-20,23H,6-11,14,16-17H2,1-5H3/t19-,20?,23-,26+,27-/m1/s1. The molecule has 0 aromatic heterocycles. The van der Waals surface area contributed by atoms with E-state index < -0.39 is 0 Å². The monoisotopic (exact) mass is 380 g/mol. The molecule has 0 bridgehead atoms. The minimum absolute atomic E-state index is 0.130. The van der Waals surface area contributed by atoms with Crippen molar-refractivity contribution in [2.75, 3.05) is 0 Å². The van der Waals surface area contributed by atoms with Gasteiger partial charge in [-0.1, -0.05) is 71.6 Å². The first-order valence-electron chi connectivity index (χ1n) is 11.9. The van der Waals surface area contributed by atoms with E-state index in [1.54, 1.807) is 16.7 Å². The third-order valence-electron chi connectivity index (χ3n) is 9.03. The second-order valence-corrected chi connectivity index (χ2v) is 11.2. The van der Waals surface area contributed by atoms with Crippen molar-refractivity contribution in [2.45, 2.75) is 92.4 Å². The molecule has 28 heavy (non-hydrogen) atoms. The number of hydrogen-bond acceptors (Lipinski definition) is 1. The lowest BCUT2D eigenvalue weighted by atomic mass is 9.53. The van der Waals surface area contributed by atoms with E-state index in [2.05, 4.69) is 46.8 Å². The molecule has 1 heteroatoms. The van der Waals surface area contributed by atoms with Gasteiger partial charge in [-0.2, -0.15) is 0 Å². The highest BCUT2D eigenvalue weighted by molar-refractivity contribution is 5.91. The Morgan fingerprint density at radius 2 is 1.93 bits per heavy atom. The van der Waals surface area contributed by atoms with Gasteiger partial charge in [0.2, 0.25) is 0 Å². The van der Waals surface area contributed by atoms with Crippen LogP contribution in [0, 0.1) is 34.5 Å². The van der Waals surface area contributed by atoms with Crippen LogP contribution in [0.3, 0.4) is 0 Å². The number of rotatable bonds is 5. The van der Waals surface area contributed by atoms with Crippen molar-refractivity contribution in [3.8, 4) is 0 Å². The van der Waals surface area contributed by atoms with Crippen LogP contribution in [0.15, 0.2) is 34.9 Å². The Morgan fingerprint density at radius 3 is 2.68 bits per heavy atom. The fourth-order valence-electron chi connectivity index (χ4n) is 7.21. The van der Waals surface area contributed by atoms with Crippen molar-refractivity contribution in [1.82, 2.24) is 0 Å². The highest BCUT2D eigenvalue weighted by atomic mass is 16.1. The zero-order chi connectivity index (χ0) is 20.1. The van der Waals surface area contributed by atoms with Crippen molar-refractivity contribution in [2.24, 2.45) is 34.5 Å². The minimum atomic E-state index is 0.130. The Bertz CT molecular complexity index is 735. The Kier molecular flexibility index (Phi) is 5.26. The van der Waals surface area contributed by atoms with E-state index in [1.807, 2.05) is 6.08 Å². The second-order valence-electron chi connectivity index (χ2n) is 11.2. The molecule has 0 aliphatic heterocycles. The number of allylic oxidation sites excluding steroid dienone is 6. The molecule has 0 aromatic carbocycles. The second kappa shape index (κ2) is 7.29. The average molecular weight is 381 g/mol. The van der Waals surface area contributed by atoms with Gasteiger partial charge in [0, 0.05) is 11.8 Å². The summed E-state index contributed by atoms with van der Waals surface area (Å²) in [5.74, 6) is 3.33. The Labute approximate surface area is 172 Å². The summed E-state index contributed by atoms with van der Waals surface area (Å²) in [5, 5.41) is 0. The largest absolute Gasteiger partial charge is 0.295 e. The first kappa shape index (κ1) is 20.2. The van der Waals surface area contributed by atoms with Crippen molar-refractivity contribution in [3.63, 3.8) is 0 Å². The minimum Gasteiger partial charge on any atom is -0.295 e. The molecule has 0 aromatic rings. The maximum Gasteiger partial charge on any atom is 0.155 e. The summed E-state index contributed by atoms with van der Waals surface area (Å²) in [5.41, 5.74) is 5.60. The Balaban J connectivity index is 1.57. The van der Waals surface area contributed by atoms with Gasteiger partial charge in [0.05, 0.1) is 0 Å². The van der Waals surface area contributed by atoms with Crippen LogP contribution in [0.5, 0.6) is 0 Å². The molecule has 5 atom stereocenters. The number of carbonyl (C=O) groups excluding carboxylic acids is 1. The van der Waals surface area contributed by atoms with Gasteiger partial charge in [-0.3, -0.25) is 4.79 Å². The van der Waals surface area contributed by atoms with Gasteiger partial charge in [0.15, 0.2) is 5.78 Å². The molecule has 4 aliphatic rings. The molecule has 0 fully saturated rings. The van der Waals surface area contributed by atoms with Crippen LogP contribution in [-0.2, 0) is 4.79 Å².